The maximum atomic E-state index is 12.4. The van der Waals surface area contributed by atoms with E-state index in [1.807, 2.05) is 0 Å². The van der Waals surface area contributed by atoms with Crippen LogP contribution in [0.15, 0.2) is 24.3 Å². The predicted octanol–water partition coefficient (Wildman–Crippen LogP) is 3.77. The minimum absolute atomic E-state index is 0.186. The summed E-state index contributed by atoms with van der Waals surface area (Å²) in [5.41, 5.74) is 0.370. The lowest BCUT2D eigenvalue weighted by atomic mass is 9.87. The Balaban J connectivity index is 2.17. The van der Waals surface area contributed by atoms with Crippen molar-refractivity contribution < 1.29 is 13.2 Å². The summed E-state index contributed by atoms with van der Waals surface area (Å²) in [5, 5.41) is 3.36. The molecule has 2 atom stereocenters. The van der Waals surface area contributed by atoms with Crippen molar-refractivity contribution in [3.05, 3.63) is 35.4 Å². The van der Waals surface area contributed by atoms with Crippen molar-refractivity contribution in [2.24, 2.45) is 5.92 Å². The Morgan fingerprint density at radius 3 is 2.35 bits per heavy atom. The average molecular weight is 243 g/mol. The van der Waals surface area contributed by atoms with Gasteiger partial charge in [0.25, 0.3) is 0 Å². The van der Waals surface area contributed by atoms with Crippen molar-refractivity contribution in [1.29, 1.82) is 0 Å². The van der Waals surface area contributed by atoms with Gasteiger partial charge >= 0.3 is 6.18 Å². The van der Waals surface area contributed by atoms with E-state index in [2.05, 4.69) is 12.2 Å². The highest BCUT2D eigenvalue weighted by molar-refractivity contribution is 5.27. The van der Waals surface area contributed by atoms with Crippen LogP contribution in [0.1, 0.15) is 36.9 Å². The molecule has 2 rings (SSSR count). The Morgan fingerprint density at radius 2 is 1.82 bits per heavy atom. The number of hydrogen-bond donors (Lipinski definition) is 1. The summed E-state index contributed by atoms with van der Waals surface area (Å²) in [7, 11) is 0. The van der Waals surface area contributed by atoms with Crippen LogP contribution in [-0.2, 0) is 6.18 Å². The molecule has 17 heavy (non-hydrogen) atoms. The van der Waals surface area contributed by atoms with Crippen LogP contribution < -0.4 is 5.32 Å². The largest absolute Gasteiger partial charge is 0.416 e. The SMILES string of the molecule is CC1CCCNC1c1ccc(C(F)(F)F)cc1. The Kier molecular flexibility index (Phi) is 3.43. The van der Waals surface area contributed by atoms with Gasteiger partial charge in [-0.05, 0) is 43.0 Å². The van der Waals surface area contributed by atoms with Crippen molar-refractivity contribution in [3.8, 4) is 0 Å². The first-order valence-corrected chi connectivity index (χ1v) is 5.89. The van der Waals surface area contributed by atoms with Crippen LogP contribution in [0.4, 0.5) is 13.2 Å². The zero-order valence-corrected chi connectivity index (χ0v) is 9.72. The number of benzene rings is 1. The molecule has 1 fully saturated rings. The molecule has 1 N–H and O–H groups in total. The lowest BCUT2D eigenvalue weighted by Gasteiger charge is -2.30. The highest BCUT2D eigenvalue weighted by atomic mass is 19.4. The second-order valence-corrected chi connectivity index (χ2v) is 4.67. The standard InChI is InChI=1S/C13H16F3N/c1-9-3-2-8-17-12(9)10-4-6-11(7-5-10)13(14,15)16/h4-7,9,12,17H,2-3,8H2,1H3. The Bertz CT molecular complexity index is 369. The molecule has 2 unspecified atom stereocenters. The normalized spacial score (nSPS) is 25.9. The maximum absolute atomic E-state index is 12.4. The van der Waals surface area contributed by atoms with Crippen LogP contribution >= 0.6 is 0 Å². The third-order valence-electron chi connectivity index (χ3n) is 3.37. The molecular weight excluding hydrogens is 227 g/mol. The van der Waals surface area contributed by atoms with E-state index in [-0.39, 0.29) is 6.04 Å². The molecule has 0 bridgehead atoms. The zero-order chi connectivity index (χ0) is 12.5. The summed E-state index contributed by atoms with van der Waals surface area (Å²) < 4.78 is 37.3. The number of rotatable bonds is 1. The van der Waals surface area contributed by atoms with E-state index in [1.54, 1.807) is 12.1 Å². The quantitative estimate of drug-likeness (QED) is 0.791. The summed E-state index contributed by atoms with van der Waals surface area (Å²) in [6, 6.07) is 5.69. The van der Waals surface area contributed by atoms with Crippen molar-refractivity contribution in [1.82, 2.24) is 5.32 Å². The summed E-state index contributed by atoms with van der Waals surface area (Å²) in [5.74, 6) is 0.473. The van der Waals surface area contributed by atoms with Crippen LogP contribution in [0.2, 0.25) is 0 Å². The van der Waals surface area contributed by atoms with Gasteiger partial charge < -0.3 is 5.32 Å². The number of nitrogens with one attached hydrogen (secondary N) is 1. The molecular formula is C13H16F3N. The van der Waals surface area contributed by atoms with Crippen LogP contribution in [-0.4, -0.2) is 6.54 Å². The van der Waals surface area contributed by atoms with E-state index in [0.29, 0.717) is 5.92 Å². The van der Waals surface area contributed by atoms with Crippen molar-refractivity contribution in [2.45, 2.75) is 32.0 Å². The van der Waals surface area contributed by atoms with Gasteiger partial charge in [0.05, 0.1) is 5.56 Å². The Labute approximate surface area is 99.0 Å². The van der Waals surface area contributed by atoms with Gasteiger partial charge in [0.1, 0.15) is 0 Å². The zero-order valence-electron chi connectivity index (χ0n) is 9.72. The summed E-state index contributed by atoms with van der Waals surface area (Å²) in [6.45, 7) is 3.07. The van der Waals surface area contributed by atoms with E-state index in [0.717, 1.165) is 24.9 Å². The fourth-order valence-electron chi connectivity index (χ4n) is 2.38. The number of halogens is 3. The molecule has 0 aliphatic carbocycles. The monoisotopic (exact) mass is 243 g/mol. The van der Waals surface area contributed by atoms with Crippen LogP contribution in [0.3, 0.4) is 0 Å². The molecule has 94 valence electrons. The molecule has 1 aliphatic rings. The molecule has 1 nitrogen and oxygen atoms in total. The molecule has 0 aromatic heterocycles. The van der Waals surface area contributed by atoms with Crippen LogP contribution in [0.25, 0.3) is 0 Å². The smallest absolute Gasteiger partial charge is 0.310 e. The lowest BCUT2D eigenvalue weighted by molar-refractivity contribution is -0.137. The summed E-state index contributed by atoms with van der Waals surface area (Å²) in [6.07, 6.45) is -1.98. The third kappa shape index (κ3) is 2.80. The maximum Gasteiger partial charge on any atom is 0.416 e. The van der Waals surface area contributed by atoms with Gasteiger partial charge in [0.15, 0.2) is 0 Å². The number of piperidine rings is 1. The van der Waals surface area contributed by atoms with Gasteiger partial charge in [0, 0.05) is 6.04 Å². The van der Waals surface area contributed by atoms with E-state index in [1.165, 1.54) is 12.1 Å². The second kappa shape index (κ2) is 4.69. The first-order valence-electron chi connectivity index (χ1n) is 5.89. The number of alkyl halides is 3. The third-order valence-corrected chi connectivity index (χ3v) is 3.37. The highest BCUT2D eigenvalue weighted by Gasteiger charge is 2.30. The topological polar surface area (TPSA) is 12.0 Å². The van der Waals surface area contributed by atoms with Gasteiger partial charge in [0.2, 0.25) is 0 Å². The molecule has 0 amide bonds. The number of hydrogen-bond acceptors (Lipinski definition) is 1. The van der Waals surface area contributed by atoms with Crippen LogP contribution in [0.5, 0.6) is 0 Å². The van der Waals surface area contributed by atoms with Crippen molar-refractivity contribution in [2.75, 3.05) is 6.54 Å². The Hall–Kier alpha value is -1.03. The molecule has 1 heterocycles. The predicted molar refractivity (Wildman–Crippen MR) is 60.6 cm³/mol. The van der Waals surface area contributed by atoms with Gasteiger partial charge in [-0.3, -0.25) is 0 Å². The molecule has 4 heteroatoms. The molecule has 1 aromatic rings. The second-order valence-electron chi connectivity index (χ2n) is 4.67. The van der Waals surface area contributed by atoms with E-state index in [4.69, 9.17) is 0 Å². The van der Waals surface area contributed by atoms with Gasteiger partial charge in [-0.25, -0.2) is 0 Å². The highest BCUT2D eigenvalue weighted by Crippen LogP contribution is 2.32. The van der Waals surface area contributed by atoms with Crippen molar-refractivity contribution in [3.63, 3.8) is 0 Å². The molecule has 1 saturated heterocycles. The van der Waals surface area contributed by atoms with E-state index in [9.17, 15) is 13.2 Å². The first kappa shape index (κ1) is 12.4. The fraction of sp³-hybridized carbons (Fsp3) is 0.538. The Morgan fingerprint density at radius 1 is 1.18 bits per heavy atom. The molecule has 1 aromatic carbocycles. The van der Waals surface area contributed by atoms with Crippen LogP contribution in [0, 0.1) is 5.92 Å². The average Bonchev–Trinajstić information content (AvgIpc) is 2.29. The molecule has 0 saturated carbocycles. The molecule has 0 radical (unpaired) electrons. The van der Waals surface area contributed by atoms with Gasteiger partial charge in [-0.1, -0.05) is 19.1 Å². The minimum atomic E-state index is -4.25. The minimum Gasteiger partial charge on any atom is -0.310 e. The van der Waals surface area contributed by atoms with Gasteiger partial charge in [-0.2, -0.15) is 13.2 Å². The van der Waals surface area contributed by atoms with Gasteiger partial charge in [-0.15, -0.1) is 0 Å². The van der Waals surface area contributed by atoms with E-state index < -0.39 is 11.7 Å². The van der Waals surface area contributed by atoms with E-state index >= 15 is 0 Å². The molecule has 0 spiro atoms. The van der Waals surface area contributed by atoms with Crippen molar-refractivity contribution >= 4 is 0 Å². The first-order chi connectivity index (χ1) is 7.98. The summed E-state index contributed by atoms with van der Waals surface area (Å²) in [4.78, 5) is 0. The summed E-state index contributed by atoms with van der Waals surface area (Å²) >= 11 is 0. The molecule has 1 aliphatic heterocycles. The lowest BCUT2D eigenvalue weighted by Crippen LogP contribution is -2.32. The fourth-order valence-corrected chi connectivity index (χ4v) is 2.38.